The summed E-state index contributed by atoms with van der Waals surface area (Å²) in [5.74, 6) is 0.564. The second-order valence-electron chi connectivity index (χ2n) is 5.42. The van der Waals surface area contributed by atoms with E-state index in [1.54, 1.807) is 6.20 Å². The van der Waals surface area contributed by atoms with Crippen molar-refractivity contribution in [2.75, 3.05) is 43.2 Å². The molecule has 1 aromatic rings. The molecule has 1 fully saturated rings. The summed E-state index contributed by atoms with van der Waals surface area (Å²) in [4.78, 5) is 23.9. The van der Waals surface area contributed by atoms with Crippen LogP contribution in [0.5, 0.6) is 0 Å². The lowest BCUT2D eigenvalue weighted by Gasteiger charge is -2.32. The maximum Gasteiger partial charge on any atom is 0.328 e. The average molecular weight is 306 g/mol. The number of carboxylic acids is 1. The predicted molar refractivity (Wildman–Crippen MR) is 85.3 cm³/mol. The molecule has 2 heterocycles. The predicted octanol–water partition coefficient (Wildman–Crippen LogP) is 1.26. The fourth-order valence-electron chi connectivity index (χ4n) is 2.10. The van der Waals surface area contributed by atoms with Gasteiger partial charge in [-0.25, -0.2) is 14.8 Å². The van der Waals surface area contributed by atoms with Gasteiger partial charge in [0.2, 0.25) is 0 Å². The van der Waals surface area contributed by atoms with E-state index < -0.39 is 5.97 Å². The minimum Gasteiger partial charge on any atom is -0.478 e. The zero-order valence-electron chi connectivity index (χ0n) is 13.2. The van der Waals surface area contributed by atoms with Crippen molar-refractivity contribution >= 4 is 23.7 Å². The first-order valence-corrected chi connectivity index (χ1v) is 7.32. The van der Waals surface area contributed by atoms with Crippen molar-refractivity contribution < 1.29 is 14.6 Å². The van der Waals surface area contributed by atoms with E-state index in [0.717, 1.165) is 30.8 Å². The second-order valence-corrected chi connectivity index (χ2v) is 5.42. The number of morpholine rings is 1. The lowest BCUT2D eigenvalue weighted by atomic mass is 10.3. The second kappa shape index (κ2) is 7.22. The molecule has 1 saturated heterocycles. The molecule has 2 rings (SSSR count). The Hall–Kier alpha value is -2.15. The summed E-state index contributed by atoms with van der Waals surface area (Å²) >= 11 is 0. The lowest BCUT2D eigenvalue weighted by molar-refractivity contribution is -0.131. The Balaban J connectivity index is 2.37. The van der Waals surface area contributed by atoms with E-state index in [2.05, 4.69) is 28.7 Å². The van der Waals surface area contributed by atoms with Crippen LogP contribution in [0, 0.1) is 0 Å². The topological polar surface area (TPSA) is 78.8 Å². The van der Waals surface area contributed by atoms with Gasteiger partial charge in [0.25, 0.3) is 0 Å². The number of rotatable bonds is 5. The third-order valence-corrected chi connectivity index (χ3v) is 3.57. The Morgan fingerprint density at radius 2 is 2.14 bits per heavy atom. The van der Waals surface area contributed by atoms with Crippen molar-refractivity contribution in [3.8, 4) is 0 Å². The summed E-state index contributed by atoms with van der Waals surface area (Å²) < 4.78 is 5.38. The van der Waals surface area contributed by atoms with Gasteiger partial charge in [-0.3, -0.25) is 0 Å². The molecule has 7 nitrogen and oxygen atoms in total. The van der Waals surface area contributed by atoms with Gasteiger partial charge in [-0.1, -0.05) is 0 Å². The monoisotopic (exact) mass is 306 g/mol. The van der Waals surface area contributed by atoms with Crippen molar-refractivity contribution in [2.45, 2.75) is 19.9 Å². The first-order chi connectivity index (χ1) is 10.5. The molecule has 7 heteroatoms. The van der Waals surface area contributed by atoms with E-state index in [-0.39, 0.29) is 6.04 Å². The summed E-state index contributed by atoms with van der Waals surface area (Å²) in [6.07, 6.45) is 4.12. The van der Waals surface area contributed by atoms with Crippen LogP contribution in [0.2, 0.25) is 0 Å². The molecule has 0 aliphatic carbocycles. The average Bonchev–Trinajstić information content (AvgIpc) is 2.52. The van der Waals surface area contributed by atoms with Gasteiger partial charge in [0.15, 0.2) is 11.6 Å². The van der Waals surface area contributed by atoms with E-state index in [9.17, 15) is 4.79 Å². The number of ether oxygens (including phenoxy) is 1. The quantitative estimate of drug-likeness (QED) is 0.820. The van der Waals surface area contributed by atoms with Crippen LogP contribution < -0.4 is 9.80 Å². The van der Waals surface area contributed by atoms with E-state index in [4.69, 9.17) is 9.84 Å². The zero-order valence-corrected chi connectivity index (χ0v) is 13.2. The first kappa shape index (κ1) is 16.2. The van der Waals surface area contributed by atoms with Crippen molar-refractivity contribution in [1.29, 1.82) is 0 Å². The van der Waals surface area contributed by atoms with E-state index in [1.807, 2.05) is 11.9 Å². The molecule has 0 spiro atoms. The highest BCUT2D eigenvalue weighted by molar-refractivity contribution is 5.85. The summed E-state index contributed by atoms with van der Waals surface area (Å²) in [5.41, 5.74) is 0.530. The van der Waals surface area contributed by atoms with Crippen LogP contribution in [0.3, 0.4) is 0 Å². The SMILES string of the molecule is CC(C)N(C)c1nc(/C=C/C(=O)O)cnc1N1CCOCC1. The molecular weight excluding hydrogens is 284 g/mol. The Morgan fingerprint density at radius 1 is 1.45 bits per heavy atom. The number of carboxylic acid groups (broad SMARTS) is 1. The number of anilines is 2. The van der Waals surface area contributed by atoms with Crippen molar-refractivity contribution in [3.05, 3.63) is 18.0 Å². The molecular formula is C15H22N4O3. The van der Waals surface area contributed by atoms with Gasteiger partial charge in [-0.05, 0) is 19.9 Å². The Morgan fingerprint density at radius 3 is 2.73 bits per heavy atom. The summed E-state index contributed by atoms with van der Waals surface area (Å²) in [7, 11) is 1.96. The normalized spacial score (nSPS) is 15.5. The van der Waals surface area contributed by atoms with Crippen molar-refractivity contribution in [1.82, 2.24) is 9.97 Å². The molecule has 0 unspecified atom stereocenters. The summed E-state index contributed by atoms with van der Waals surface area (Å²) in [6.45, 7) is 7.05. The molecule has 0 radical (unpaired) electrons. The third-order valence-electron chi connectivity index (χ3n) is 3.57. The molecule has 120 valence electrons. The van der Waals surface area contributed by atoms with Crippen LogP contribution in [-0.2, 0) is 9.53 Å². The molecule has 0 atom stereocenters. The van der Waals surface area contributed by atoms with Crippen molar-refractivity contribution in [3.63, 3.8) is 0 Å². The van der Waals surface area contributed by atoms with Gasteiger partial charge in [-0.15, -0.1) is 0 Å². The first-order valence-electron chi connectivity index (χ1n) is 7.32. The van der Waals surface area contributed by atoms with Crippen LogP contribution in [0.1, 0.15) is 19.5 Å². The highest BCUT2D eigenvalue weighted by Gasteiger charge is 2.21. The largest absolute Gasteiger partial charge is 0.478 e. The Labute approximate surface area is 130 Å². The highest BCUT2D eigenvalue weighted by atomic mass is 16.5. The smallest absolute Gasteiger partial charge is 0.328 e. The molecule has 0 saturated carbocycles. The zero-order chi connectivity index (χ0) is 16.1. The maximum atomic E-state index is 10.6. The number of carbonyl (C=O) groups is 1. The van der Waals surface area contributed by atoms with Gasteiger partial charge >= 0.3 is 5.97 Å². The van der Waals surface area contributed by atoms with E-state index in [1.165, 1.54) is 6.08 Å². The minimum absolute atomic E-state index is 0.257. The number of aromatic nitrogens is 2. The summed E-state index contributed by atoms with van der Waals surface area (Å²) in [6, 6.07) is 0.257. The van der Waals surface area contributed by atoms with Crippen molar-refractivity contribution in [2.24, 2.45) is 0 Å². The van der Waals surface area contributed by atoms with Crippen LogP contribution in [0.25, 0.3) is 6.08 Å². The summed E-state index contributed by atoms with van der Waals surface area (Å²) in [5, 5.41) is 8.73. The van der Waals surface area contributed by atoms with Crippen LogP contribution in [0.4, 0.5) is 11.6 Å². The van der Waals surface area contributed by atoms with Crippen LogP contribution in [0.15, 0.2) is 12.3 Å². The Kier molecular flexibility index (Phi) is 5.32. The molecule has 0 aromatic carbocycles. The van der Waals surface area contributed by atoms with Gasteiger partial charge in [0.1, 0.15) is 0 Å². The lowest BCUT2D eigenvalue weighted by Crippen LogP contribution is -2.39. The molecule has 0 bridgehead atoms. The molecule has 1 aliphatic heterocycles. The van der Waals surface area contributed by atoms with Crippen LogP contribution in [-0.4, -0.2) is 60.4 Å². The number of nitrogens with zero attached hydrogens (tertiary/aromatic N) is 4. The van der Waals surface area contributed by atoms with Gasteiger partial charge in [0, 0.05) is 32.3 Å². The number of aliphatic carboxylic acids is 1. The molecule has 1 N–H and O–H groups in total. The Bertz CT molecular complexity index is 554. The third kappa shape index (κ3) is 3.94. The molecule has 1 aromatic heterocycles. The number of hydrogen-bond acceptors (Lipinski definition) is 6. The molecule has 1 aliphatic rings. The number of hydrogen-bond donors (Lipinski definition) is 1. The fourth-order valence-corrected chi connectivity index (χ4v) is 2.10. The maximum absolute atomic E-state index is 10.6. The highest BCUT2D eigenvalue weighted by Crippen LogP contribution is 2.26. The van der Waals surface area contributed by atoms with Gasteiger partial charge < -0.3 is 19.6 Å². The molecule has 22 heavy (non-hydrogen) atoms. The van der Waals surface area contributed by atoms with E-state index >= 15 is 0 Å². The molecule has 0 amide bonds. The van der Waals surface area contributed by atoms with E-state index in [0.29, 0.717) is 18.9 Å². The van der Waals surface area contributed by atoms with Crippen LogP contribution >= 0.6 is 0 Å². The standard InChI is InChI=1S/C15H22N4O3/c1-11(2)18(3)15-14(19-6-8-22-9-7-19)16-10-12(17-15)4-5-13(20)21/h4-5,10-11H,6-9H2,1-3H3,(H,20,21)/b5-4+. The fraction of sp³-hybridized carbons (Fsp3) is 0.533. The van der Waals surface area contributed by atoms with Gasteiger partial charge in [-0.2, -0.15) is 0 Å². The van der Waals surface area contributed by atoms with Gasteiger partial charge in [0.05, 0.1) is 25.1 Å². The minimum atomic E-state index is -1.00.